The van der Waals surface area contributed by atoms with Gasteiger partial charge in [0, 0.05) is 6.20 Å². The molecule has 0 fully saturated rings. The maximum Gasteiger partial charge on any atom is 0.253 e. The number of aryl methyl sites for hydroxylation is 1. The Bertz CT molecular complexity index is 873. The molecule has 1 atom stereocenters. The molecule has 0 saturated carbocycles. The van der Waals surface area contributed by atoms with Gasteiger partial charge in [0.15, 0.2) is 5.65 Å². The Labute approximate surface area is 135 Å². The normalized spacial score (nSPS) is 16.7. The Morgan fingerprint density at radius 3 is 3.05 bits per heavy atom. The molecule has 1 aromatic carbocycles. The predicted molar refractivity (Wildman–Crippen MR) is 85.7 cm³/mol. The second-order valence-corrected chi connectivity index (χ2v) is 6.07. The molecule has 2 aromatic heterocycles. The summed E-state index contributed by atoms with van der Waals surface area (Å²) in [6, 6.07) is 11.9. The number of rotatable bonds is 2. The fourth-order valence-electron chi connectivity index (χ4n) is 2.94. The Hall–Kier alpha value is -2.21. The number of aromatic nitrogens is 3. The third-order valence-corrected chi connectivity index (χ3v) is 4.34. The van der Waals surface area contributed by atoms with Crippen LogP contribution in [-0.2, 0) is 6.42 Å². The summed E-state index contributed by atoms with van der Waals surface area (Å²) in [6.07, 6.45) is 3.65. The van der Waals surface area contributed by atoms with Crippen molar-refractivity contribution in [2.24, 2.45) is 0 Å². The molecule has 0 bridgehead atoms. The molecule has 1 N–H and O–H groups in total. The fraction of sp³-hybridized carbons (Fsp3) is 0.188. The third kappa shape index (κ3) is 2.29. The van der Waals surface area contributed by atoms with Crippen LogP contribution < -0.4 is 5.32 Å². The summed E-state index contributed by atoms with van der Waals surface area (Å²) in [5.74, 6) is -0.0878. The van der Waals surface area contributed by atoms with Crippen LogP contribution in [0.25, 0.3) is 5.65 Å². The van der Waals surface area contributed by atoms with Crippen molar-refractivity contribution >= 4 is 27.5 Å². The van der Waals surface area contributed by atoms with Crippen LogP contribution in [0.1, 0.15) is 33.9 Å². The number of hydrogen-bond donors (Lipinski definition) is 1. The first-order valence-corrected chi connectivity index (χ1v) is 7.90. The van der Waals surface area contributed by atoms with E-state index in [-0.39, 0.29) is 11.9 Å². The molecule has 0 aliphatic heterocycles. The SMILES string of the molecule is O=C(N[C@@H]1CCc2ccccc21)c1ccc2nc(Br)nn2c1. The molecule has 1 aliphatic rings. The van der Waals surface area contributed by atoms with Crippen molar-refractivity contribution in [3.8, 4) is 0 Å². The van der Waals surface area contributed by atoms with Crippen molar-refractivity contribution in [3.63, 3.8) is 0 Å². The number of fused-ring (bicyclic) bond motifs is 2. The van der Waals surface area contributed by atoms with Gasteiger partial charge >= 0.3 is 0 Å². The third-order valence-electron chi connectivity index (χ3n) is 4.01. The number of carbonyl (C=O) groups is 1. The van der Waals surface area contributed by atoms with E-state index in [0.29, 0.717) is 15.9 Å². The summed E-state index contributed by atoms with van der Waals surface area (Å²) in [6.45, 7) is 0. The number of carbonyl (C=O) groups excluding carboxylic acids is 1. The van der Waals surface area contributed by atoms with Crippen molar-refractivity contribution in [2.75, 3.05) is 0 Å². The fourth-order valence-corrected chi connectivity index (χ4v) is 3.29. The van der Waals surface area contributed by atoms with Gasteiger partial charge in [0.2, 0.25) is 4.73 Å². The van der Waals surface area contributed by atoms with Crippen molar-refractivity contribution in [2.45, 2.75) is 18.9 Å². The first kappa shape index (κ1) is 13.5. The van der Waals surface area contributed by atoms with Gasteiger partial charge in [0.1, 0.15) is 0 Å². The van der Waals surface area contributed by atoms with E-state index in [1.54, 1.807) is 22.8 Å². The Morgan fingerprint density at radius 1 is 1.27 bits per heavy atom. The molecule has 110 valence electrons. The van der Waals surface area contributed by atoms with Gasteiger partial charge in [-0.3, -0.25) is 4.79 Å². The van der Waals surface area contributed by atoms with E-state index < -0.39 is 0 Å². The lowest BCUT2D eigenvalue weighted by Gasteiger charge is -2.14. The summed E-state index contributed by atoms with van der Waals surface area (Å²) in [5.41, 5.74) is 3.83. The number of pyridine rings is 1. The lowest BCUT2D eigenvalue weighted by molar-refractivity contribution is 0.0936. The molecule has 0 unspecified atom stereocenters. The zero-order chi connectivity index (χ0) is 15.1. The minimum atomic E-state index is -0.0878. The van der Waals surface area contributed by atoms with Crippen LogP contribution in [0.5, 0.6) is 0 Å². The van der Waals surface area contributed by atoms with E-state index in [2.05, 4.69) is 43.5 Å². The molecule has 1 aliphatic carbocycles. The van der Waals surface area contributed by atoms with Gasteiger partial charge in [-0.1, -0.05) is 24.3 Å². The van der Waals surface area contributed by atoms with Crippen molar-refractivity contribution in [1.29, 1.82) is 0 Å². The molecule has 4 rings (SSSR count). The molecule has 22 heavy (non-hydrogen) atoms. The Morgan fingerprint density at radius 2 is 2.14 bits per heavy atom. The summed E-state index contributed by atoms with van der Waals surface area (Å²) >= 11 is 3.23. The quantitative estimate of drug-likeness (QED) is 0.767. The molecule has 0 spiro atoms. The van der Waals surface area contributed by atoms with Gasteiger partial charge in [-0.15, -0.1) is 5.10 Å². The smallest absolute Gasteiger partial charge is 0.253 e. The second-order valence-electron chi connectivity index (χ2n) is 5.36. The summed E-state index contributed by atoms with van der Waals surface area (Å²) in [7, 11) is 0. The van der Waals surface area contributed by atoms with E-state index in [0.717, 1.165) is 12.8 Å². The molecular formula is C16H13BrN4O. The van der Waals surface area contributed by atoms with Gasteiger partial charge in [-0.2, -0.15) is 0 Å². The van der Waals surface area contributed by atoms with Crippen LogP contribution >= 0.6 is 15.9 Å². The lowest BCUT2D eigenvalue weighted by Crippen LogP contribution is -2.27. The average Bonchev–Trinajstić information content (AvgIpc) is 3.09. The molecule has 5 nitrogen and oxygen atoms in total. The summed E-state index contributed by atoms with van der Waals surface area (Å²) < 4.78 is 2.11. The molecule has 2 heterocycles. The first-order valence-electron chi connectivity index (χ1n) is 7.11. The van der Waals surface area contributed by atoms with Gasteiger partial charge in [0.25, 0.3) is 5.91 Å². The number of halogens is 1. The molecule has 1 amide bonds. The zero-order valence-corrected chi connectivity index (χ0v) is 13.2. The number of nitrogens with zero attached hydrogens (tertiary/aromatic N) is 3. The highest BCUT2D eigenvalue weighted by Crippen LogP contribution is 2.30. The number of benzene rings is 1. The van der Waals surface area contributed by atoms with E-state index in [9.17, 15) is 4.79 Å². The van der Waals surface area contributed by atoms with E-state index in [1.807, 2.05) is 12.1 Å². The molecule has 6 heteroatoms. The topological polar surface area (TPSA) is 59.3 Å². The highest BCUT2D eigenvalue weighted by molar-refractivity contribution is 9.10. The molecule has 0 radical (unpaired) electrons. The number of hydrogen-bond acceptors (Lipinski definition) is 3. The first-order chi connectivity index (χ1) is 10.7. The minimum Gasteiger partial charge on any atom is -0.345 e. The van der Waals surface area contributed by atoms with Crippen molar-refractivity contribution in [3.05, 3.63) is 64.0 Å². The largest absolute Gasteiger partial charge is 0.345 e. The Balaban J connectivity index is 1.59. The van der Waals surface area contributed by atoms with Gasteiger partial charge in [0.05, 0.1) is 11.6 Å². The van der Waals surface area contributed by atoms with Gasteiger partial charge in [-0.05, 0) is 52.0 Å². The van der Waals surface area contributed by atoms with Crippen LogP contribution in [0, 0.1) is 0 Å². The maximum atomic E-state index is 12.5. The average molecular weight is 357 g/mol. The second kappa shape index (κ2) is 5.21. The van der Waals surface area contributed by atoms with Crippen LogP contribution in [0.2, 0.25) is 0 Å². The predicted octanol–water partition coefficient (Wildman–Crippen LogP) is 2.91. The Kier molecular flexibility index (Phi) is 3.18. The molecular weight excluding hydrogens is 344 g/mol. The number of nitrogens with one attached hydrogen (secondary N) is 1. The van der Waals surface area contributed by atoms with Crippen LogP contribution in [0.15, 0.2) is 47.3 Å². The van der Waals surface area contributed by atoms with Crippen LogP contribution in [0.4, 0.5) is 0 Å². The monoisotopic (exact) mass is 356 g/mol. The highest BCUT2D eigenvalue weighted by Gasteiger charge is 2.23. The van der Waals surface area contributed by atoms with Crippen molar-refractivity contribution < 1.29 is 4.79 Å². The summed E-state index contributed by atoms with van der Waals surface area (Å²) in [4.78, 5) is 16.7. The van der Waals surface area contributed by atoms with Gasteiger partial charge in [-0.25, -0.2) is 9.50 Å². The molecule has 3 aromatic rings. The standard InChI is InChI=1S/C16H13BrN4O/c17-16-19-14-8-6-11(9-21(14)20-16)15(22)18-13-7-5-10-3-1-2-4-12(10)13/h1-4,6,8-9,13H,5,7H2,(H,18,22)/t13-/m1/s1. The van der Waals surface area contributed by atoms with Crippen LogP contribution in [-0.4, -0.2) is 20.5 Å². The number of amides is 1. The zero-order valence-electron chi connectivity index (χ0n) is 11.7. The van der Waals surface area contributed by atoms with Gasteiger partial charge < -0.3 is 5.32 Å². The van der Waals surface area contributed by atoms with E-state index in [1.165, 1.54) is 11.1 Å². The van der Waals surface area contributed by atoms with E-state index >= 15 is 0 Å². The highest BCUT2D eigenvalue weighted by atomic mass is 79.9. The minimum absolute atomic E-state index is 0.0851. The summed E-state index contributed by atoms with van der Waals surface area (Å²) in [5, 5.41) is 7.28. The molecule has 0 saturated heterocycles. The lowest BCUT2D eigenvalue weighted by atomic mass is 10.1. The van der Waals surface area contributed by atoms with E-state index in [4.69, 9.17) is 0 Å². The van der Waals surface area contributed by atoms with Crippen molar-refractivity contribution in [1.82, 2.24) is 19.9 Å². The van der Waals surface area contributed by atoms with Crippen LogP contribution in [0.3, 0.4) is 0 Å². The maximum absolute atomic E-state index is 12.5.